The topological polar surface area (TPSA) is 50.4 Å². The van der Waals surface area contributed by atoms with Gasteiger partial charge in [0.15, 0.2) is 6.73 Å². The smallest absolute Gasteiger partial charge is 0.321 e. The van der Waals surface area contributed by atoms with Crippen molar-refractivity contribution < 1.29 is 9.53 Å². The Hall–Kier alpha value is -2.20. The van der Waals surface area contributed by atoms with Crippen LogP contribution in [-0.4, -0.2) is 12.8 Å². The molecule has 122 valence electrons. The second-order valence-corrected chi connectivity index (χ2v) is 5.68. The summed E-state index contributed by atoms with van der Waals surface area (Å²) < 4.78 is 5.49. The highest BCUT2D eigenvalue weighted by molar-refractivity contribution is 6.31. The number of aryl methyl sites for hydroxylation is 2. The first-order valence-corrected chi connectivity index (χ1v) is 7.99. The highest BCUT2D eigenvalue weighted by Gasteiger charge is 2.03. The van der Waals surface area contributed by atoms with Crippen LogP contribution in [0.1, 0.15) is 24.5 Å². The summed E-state index contributed by atoms with van der Waals surface area (Å²) in [6.45, 7) is 4.15. The zero-order valence-corrected chi connectivity index (χ0v) is 14.1. The molecule has 2 rings (SSSR count). The number of nitrogens with one attached hydrogen (secondary N) is 2. The Kier molecular flexibility index (Phi) is 6.29. The average Bonchev–Trinajstić information content (AvgIpc) is 2.53. The molecule has 23 heavy (non-hydrogen) atoms. The van der Waals surface area contributed by atoms with E-state index in [0.29, 0.717) is 10.7 Å². The molecule has 0 saturated heterocycles. The lowest BCUT2D eigenvalue weighted by Crippen LogP contribution is -2.32. The van der Waals surface area contributed by atoms with Crippen LogP contribution in [0.4, 0.5) is 10.5 Å². The number of benzene rings is 2. The fraction of sp³-hybridized carbons (Fsp3) is 0.278. The van der Waals surface area contributed by atoms with Gasteiger partial charge in [-0.25, -0.2) is 4.79 Å². The van der Waals surface area contributed by atoms with Crippen molar-refractivity contribution in [1.82, 2.24) is 5.32 Å². The molecule has 2 aromatic rings. The monoisotopic (exact) mass is 332 g/mol. The Morgan fingerprint density at radius 3 is 2.57 bits per heavy atom. The quantitative estimate of drug-likeness (QED) is 0.749. The number of urea groups is 1. The number of anilines is 1. The highest BCUT2D eigenvalue weighted by Crippen LogP contribution is 2.19. The van der Waals surface area contributed by atoms with Gasteiger partial charge >= 0.3 is 6.03 Å². The van der Waals surface area contributed by atoms with E-state index in [-0.39, 0.29) is 12.8 Å². The molecule has 0 heterocycles. The summed E-state index contributed by atoms with van der Waals surface area (Å²) in [6, 6.07) is 12.9. The predicted octanol–water partition coefficient (Wildman–Crippen LogP) is 4.76. The molecule has 2 N–H and O–H groups in total. The first-order valence-electron chi connectivity index (χ1n) is 7.61. The van der Waals surface area contributed by atoms with Gasteiger partial charge in [0.1, 0.15) is 5.75 Å². The number of ether oxygens (including phenoxy) is 1. The van der Waals surface area contributed by atoms with E-state index in [0.717, 1.165) is 24.2 Å². The molecule has 5 heteroatoms. The van der Waals surface area contributed by atoms with Gasteiger partial charge in [-0.15, -0.1) is 0 Å². The van der Waals surface area contributed by atoms with E-state index in [9.17, 15) is 4.79 Å². The Morgan fingerprint density at radius 1 is 1.17 bits per heavy atom. The minimum Gasteiger partial charge on any atom is -0.473 e. The second kappa shape index (κ2) is 8.44. The van der Waals surface area contributed by atoms with Gasteiger partial charge in [0.05, 0.1) is 0 Å². The van der Waals surface area contributed by atoms with Crippen molar-refractivity contribution in [3.8, 4) is 5.75 Å². The minimum atomic E-state index is -0.340. The summed E-state index contributed by atoms with van der Waals surface area (Å²) in [5.74, 6) is 0.725. The third-order valence-corrected chi connectivity index (χ3v) is 3.77. The summed E-state index contributed by atoms with van der Waals surface area (Å²) in [5.41, 5.74) is 2.89. The maximum absolute atomic E-state index is 11.8. The molecule has 0 spiro atoms. The van der Waals surface area contributed by atoms with Crippen LogP contribution in [-0.2, 0) is 6.42 Å². The third kappa shape index (κ3) is 5.49. The first-order chi connectivity index (χ1) is 11.1. The van der Waals surface area contributed by atoms with Gasteiger partial charge in [-0.05, 0) is 48.7 Å². The maximum Gasteiger partial charge on any atom is 0.321 e. The van der Waals surface area contributed by atoms with E-state index >= 15 is 0 Å². The summed E-state index contributed by atoms with van der Waals surface area (Å²) in [4.78, 5) is 11.8. The van der Waals surface area contributed by atoms with Crippen molar-refractivity contribution in [1.29, 1.82) is 0 Å². The molecule has 2 aromatic carbocycles. The van der Waals surface area contributed by atoms with E-state index in [1.54, 1.807) is 12.1 Å². The number of hydrogen-bond acceptors (Lipinski definition) is 2. The Labute approximate surface area is 141 Å². The van der Waals surface area contributed by atoms with Crippen molar-refractivity contribution in [3.63, 3.8) is 0 Å². The maximum atomic E-state index is 11.8. The van der Waals surface area contributed by atoms with E-state index in [1.807, 2.05) is 37.3 Å². The Morgan fingerprint density at radius 2 is 1.91 bits per heavy atom. The molecule has 0 saturated carbocycles. The van der Waals surface area contributed by atoms with E-state index in [4.69, 9.17) is 16.3 Å². The Balaban J connectivity index is 1.76. The molecule has 0 atom stereocenters. The molecule has 0 aliphatic rings. The largest absolute Gasteiger partial charge is 0.473 e. The summed E-state index contributed by atoms with van der Waals surface area (Å²) in [5, 5.41) is 5.96. The lowest BCUT2D eigenvalue weighted by molar-refractivity contribution is 0.234. The molecule has 0 radical (unpaired) electrons. The van der Waals surface area contributed by atoms with Crippen LogP contribution >= 0.6 is 11.6 Å². The Bertz CT molecular complexity index is 657. The molecule has 0 aliphatic carbocycles. The molecule has 0 unspecified atom stereocenters. The average molecular weight is 333 g/mol. The van der Waals surface area contributed by atoms with Gasteiger partial charge in [0, 0.05) is 10.7 Å². The van der Waals surface area contributed by atoms with Crippen LogP contribution in [0.25, 0.3) is 0 Å². The minimum absolute atomic E-state index is 0.0958. The fourth-order valence-electron chi connectivity index (χ4n) is 2.07. The normalized spacial score (nSPS) is 10.2. The molecule has 4 nitrogen and oxygen atoms in total. The molecular formula is C18H21ClN2O2. The lowest BCUT2D eigenvalue weighted by atomic mass is 10.1. The van der Waals surface area contributed by atoms with E-state index in [2.05, 4.69) is 17.6 Å². The summed E-state index contributed by atoms with van der Waals surface area (Å²) in [7, 11) is 0. The number of halogens is 1. The molecule has 2 amide bonds. The number of hydrogen-bond donors (Lipinski definition) is 2. The second-order valence-electron chi connectivity index (χ2n) is 5.28. The van der Waals surface area contributed by atoms with Crippen LogP contribution in [0.5, 0.6) is 5.75 Å². The first kappa shape index (κ1) is 17.2. The fourth-order valence-corrected chi connectivity index (χ4v) is 2.25. The summed E-state index contributed by atoms with van der Waals surface area (Å²) in [6.07, 6.45) is 2.17. The number of amides is 2. The third-order valence-electron chi connectivity index (χ3n) is 3.36. The van der Waals surface area contributed by atoms with Gasteiger partial charge in [-0.3, -0.25) is 0 Å². The zero-order valence-electron chi connectivity index (χ0n) is 13.4. The van der Waals surface area contributed by atoms with Crippen LogP contribution in [0.3, 0.4) is 0 Å². The molecule has 0 bridgehead atoms. The highest BCUT2D eigenvalue weighted by atomic mass is 35.5. The molecule has 0 aliphatic heterocycles. The molecule has 0 fully saturated rings. The summed E-state index contributed by atoms with van der Waals surface area (Å²) >= 11 is 6.02. The van der Waals surface area contributed by atoms with Crippen LogP contribution in [0.15, 0.2) is 42.5 Å². The standard InChI is InChI=1S/C18H21ClN2O2/c1-3-4-14-6-9-16(10-7-14)23-12-20-18(22)21-15-8-5-13(2)17(19)11-15/h5-11H,3-4,12H2,1-2H3,(H2,20,21,22). The van der Waals surface area contributed by atoms with Crippen LogP contribution in [0, 0.1) is 6.92 Å². The van der Waals surface area contributed by atoms with Crippen molar-refractivity contribution in [2.45, 2.75) is 26.7 Å². The van der Waals surface area contributed by atoms with Crippen molar-refractivity contribution in [2.75, 3.05) is 12.0 Å². The predicted molar refractivity (Wildman–Crippen MR) is 94.3 cm³/mol. The van der Waals surface area contributed by atoms with Crippen molar-refractivity contribution >= 4 is 23.3 Å². The van der Waals surface area contributed by atoms with Gasteiger partial charge in [-0.1, -0.05) is 43.1 Å². The molecular weight excluding hydrogens is 312 g/mol. The van der Waals surface area contributed by atoms with Crippen LogP contribution in [0.2, 0.25) is 5.02 Å². The van der Waals surface area contributed by atoms with Gasteiger partial charge < -0.3 is 15.4 Å². The number of carbonyl (C=O) groups excluding carboxylic acids is 1. The SMILES string of the molecule is CCCc1ccc(OCNC(=O)Nc2ccc(C)c(Cl)c2)cc1. The van der Waals surface area contributed by atoms with Gasteiger partial charge in [0.25, 0.3) is 0 Å². The van der Waals surface area contributed by atoms with Crippen molar-refractivity contribution in [3.05, 3.63) is 58.6 Å². The van der Waals surface area contributed by atoms with Crippen LogP contribution < -0.4 is 15.4 Å². The van der Waals surface area contributed by atoms with Crippen molar-refractivity contribution in [2.24, 2.45) is 0 Å². The van der Waals surface area contributed by atoms with Gasteiger partial charge in [0.2, 0.25) is 0 Å². The van der Waals surface area contributed by atoms with Gasteiger partial charge in [-0.2, -0.15) is 0 Å². The lowest BCUT2D eigenvalue weighted by Gasteiger charge is -2.10. The number of rotatable bonds is 6. The van der Waals surface area contributed by atoms with E-state index < -0.39 is 0 Å². The molecule has 0 aromatic heterocycles. The van der Waals surface area contributed by atoms with E-state index in [1.165, 1.54) is 5.56 Å². The number of carbonyl (C=O) groups is 1. The zero-order chi connectivity index (χ0) is 16.7.